The van der Waals surface area contributed by atoms with Crippen LogP contribution in [0.3, 0.4) is 0 Å². The van der Waals surface area contributed by atoms with Gasteiger partial charge in [0, 0.05) is 12.5 Å². The van der Waals surface area contributed by atoms with Gasteiger partial charge in [0.2, 0.25) is 0 Å². The molecule has 0 saturated heterocycles. The van der Waals surface area contributed by atoms with Crippen LogP contribution in [0.5, 0.6) is 11.5 Å². The summed E-state index contributed by atoms with van der Waals surface area (Å²) in [5, 5.41) is 9.57. The molecular formula is C14H18O5S. The summed E-state index contributed by atoms with van der Waals surface area (Å²) >= 11 is 1.52. The van der Waals surface area contributed by atoms with Crippen molar-refractivity contribution in [3.05, 3.63) is 17.7 Å². The number of carbonyl (C=O) groups is 2. The first-order valence-electron chi connectivity index (χ1n) is 6.18. The average molecular weight is 298 g/mol. The molecule has 0 fully saturated rings. The van der Waals surface area contributed by atoms with Gasteiger partial charge in [-0.1, -0.05) is 0 Å². The molecule has 0 atom stereocenters. The lowest BCUT2D eigenvalue weighted by Crippen LogP contribution is -1.99. The lowest BCUT2D eigenvalue weighted by atomic mass is 10.2. The first-order valence-corrected chi connectivity index (χ1v) is 7.16. The number of unbranched alkanes of at least 4 members (excludes halogenated alkanes) is 1. The predicted molar refractivity (Wildman–Crippen MR) is 76.6 cm³/mol. The van der Waals surface area contributed by atoms with Crippen molar-refractivity contribution < 1.29 is 24.2 Å². The Morgan fingerprint density at radius 2 is 2.10 bits per heavy atom. The molecule has 6 heteroatoms. The molecule has 0 saturated carbocycles. The van der Waals surface area contributed by atoms with Crippen LogP contribution in [0.1, 0.15) is 29.6 Å². The molecule has 5 nitrogen and oxygen atoms in total. The van der Waals surface area contributed by atoms with Gasteiger partial charge in [-0.25, -0.2) is 0 Å². The normalized spacial score (nSPS) is 10.1. The molecule has 0 radical (unpaired) electrons. The van der Waals surface area contributed by atoms with Crippen LogP contribution in [-0.4, -0.2) is 37.3 Å². The molecule has 0 amide bonds. The SMILES string of the molecule is COC(=O)CCCCSc1cc(C=O)c(O)cc1OC. The largest absolute Gasteiger partial charge is 0.507 e. The zero-order chi connectivity index (χ0) is 15.0. The van der Waals surface area contributed by atoms with E-state index in [1.54, 1.807) is 6.07 Å². The first kappa shape index (κ1) is 16.4. The first-order chi connectivity index (χ1) is 9.62. The zero-order valence-corrected chi connectivity index (χ0v) is 12.4. The molecule has 20 heavy (non-hydrogen) atoms. The predicted octanol–water partition coefficient (Wildman–Crippen LogP) is 2.65. The van der Waals surface area contributed by atoms with Gasteiger partial charge in [0.05, 0.1) is 24.7 Å². The Hall–Kier alpha value is -1.69. The number of aromatic hydroxyl groups is 1. The van der Waals surface area contributed by atoms with Crippen molar-refractivity contribution in [2.75, 3.05) is 20.0 Å². The molecule has 0 aliphatic rings. The number of hydrogen-bond donors (Lipinski definition) is 1. The molecule has 0 bridgehead atoms. The van der Waals surface area contributed by atoms with Crippen LogP contribution in [0.4, 0.5) is 0 Å². The smallest absolute Gasteiger partial charge is 0.305 e. The summed E-state index contributed by atoms with van der Waals surface area (Å²) in [5.74, 6) is 1.02. The number of esters is 1. The second-order valence-electron chi connectivity index (χ2n) is 4.06. The van der Waals surface area contributed by atoms with Crippen molar-refractivity contribution in [1.82, 2.24) is 0 Å². The lowest BCUT2D eigenvalue weighted by molar-refractivity contribution is -0.140. The van der Waals surface area contributed by atoms with Gasteiger partial charge < -0.3 is 14.6 Å². The van der Waals surface area contributed by atoms with Gasteiger partial charge >= 0.3 is 5.97 Å². The Morgan fingerprint density at radius 1 is 1.35 bits per heavy atom. The number of carbonyl (C=O) groups excluding carboxylic acids is 2. The summed E-state index contributed by atoms with van der Waals surface area (Å²) in [6.07, 6.45) is 2.61. The van der Waals surface area contributed by atoms with E-state index < -0.39 is 0 Å². The highest BCUT2D eigenvalue weighted by Gasteiger charge is 2.10. The van der Waals surface area contributed by atoms with E-state index >= 15 is 0 Å². The van der Waals surface area contributed by atoms with E-state index in [1.165, 1.54) is 32.0 Å². The molecule has 0 aromatic heterocycles. The quantitative estimate of drug-likeness (QED) is 0.344. The van der Waals surface area contributed by atoms with E-state index in [2.05, 4.69) is 4.74 Å². The van der Waals surface area contributed by atoms with Crippen molar-refractivity contribution in [2.45, 2.75) is 24.2 Å². The molecule has 1 aromatic rings. The Bertz CT molecular complexity index is 473. The number of benzene rings is 1. The van der Waals surface area contributed by atoms with Gasteiger partial charge in [0.25, 0.3) is 0 Å². The summed E-state index contributed by atoms with van der Waals surface area (Å²) in [6.45, 7) is 0. The number of ether oxygens (including phenoxy) is 2. The Kier molecular flexibility index (Phi) is 6.93. The maximum absolute atomic E-state index is 11.0. The maximum atomic E-state index is 11.0. The molecule has 1 rings (SSSR count). The number of thioether (sulfide) groups is 1. The fourth-order valence-corrected chi connectivity index (χ4v) is 2.65. The average Bonchev–Trinajstić information content (AvgIpc) is 2.47. The van der Waals surface area contributed by atoms with Crippen molar-refractivity contribution in [3.8, 4) is 11.5 Å². The number of methoxy groups -OCH3 is 2. The molecule has 0 spiro atoms. The second-order valence-corrected chi connectivity index (χ2v) is 5.20. The Morgan fingerprint density at radius 3 is 2.70 bits per heavy atom. The number of hydrogen-bond acceptors (Lipinski definition) is 6. The topological polar surface area (TPSA) is 72.8 Å². The van der Waals surface area contributed by atoms with Gasteiger partial charge in [0.15, 0.2) is 6.29 Å². The fraction of sp³-hybridized carbons (Fsp3) is 0.429. The lowest BCUT2D eigenvalue weighted by Gasteiger charge is -2.10. The Balaban J connectivity index is 2.54. The zero-order valence-electron chi connectivity index (χ0n) is 11.5. The van der Waals surface area contributed by atoms with E-state index in [1.807, 2.05) is 0 Å². The number of aldehydes is 1. The van der Waals surface area contributed by atoms with E-state index in [9.17, 15) is 14.7 Å². The van der Waals surface area contributed by atoms with E-state index in [0.29, 0.717) is 18.5 Å². The van der Waals surface area contributed by atoms with Crippen LogP contribution in [0.15, 0.2) is 17.0 Å². The van der Waals surface area contributed by atoms with E-state index in [0.717, 1.165) is 23.5 Å². The third kappa shape index (κ3) is 4.77. The fourth-order valence-electron chi connectivity index (χ4n) is 1.59. The summed E-state index contributed by atoms with van der Waals surface area (Å²) in [6, 6.07) is 3.03. The summed E-state index contributed by atoms with van der Waals surface area (Å²) in [7, 11) is 2.88. The molecule has 0 heterocycles. The van der Waals surface area contributed by atoms with Crippen LogP contribution in [0, 0.1) is 0 Å². The summed E-state index contributed by atoms with van der Waals surface area (Å²) in [5.41, 5.74) is 0.239. The van der Waals surface area contributed by atoms with Crippen molar-refractivity contribution in [1.29, 1.82) is 0 Å². The molecule has 110 valence electrons. The van der Waals surface area contributed by atoms with E-state index in [4.69, 9.17) is 4.74 Å². The van der Waals surface area contributed by atoms with Crippen LogP contribution in [-0.2, 0) is 9.53 Å². The number of rotatable bonds is 8. The van der Waals surface area contributed by atoms with Gasteiger partial charge in [-0.2, -0.15) is 0 Å². The summed E-state index contributed by atoms with van der Waals surface area (Å²) < 4.78 is 9.73. The molecule has 0 unspecified atom stereocenters. The van der Waals surface area contributed by atoms with Crippen LogP contribution in [0.2, 0.25) is 0 Å². The van der Waals surface area contributed by atoms with Crippen molar-refractivity contribution >= 4 is 24.0 Å². The molecular weight excluding hydrogens is 280 g/mol. The molecule has 0 aliphatic heterocycles. The van der Waals surface area contributed by atoms with Crippen molar-refractivity contribution in [2.24, 2.45) is 0 Å². The third-order valence-corrected chi connectivity index (χ3v) is 3.82. The minimum Gasteiger partial charge on any atom is -0.507 e. The highest BCUT2D eigenvalue weighted by molar-refractivity contribution is 7.99. The van der Waals surface area contributed by atoms with Crippen LogP contribution >= 0.6 is 11.8 Å². The van der Waals surface area contributed by atoms with Crippen LogP contribution in [0.25, 0.3) is 0 Å². The summed E-state index contributed by atoms with van der Waals surface area (Å²) in [4.78, 5) is 22.5. The molecule has 1 N–H and O–H groups in total. The monoisotopic (exact) mass is 298 g/mol. The minimum absolute atomic E-state index is 0.0908. The number of phenolic OH excluding ortho intramolecular Hbond substituents is 1. The highest BCUT2D eigenvalue weighted by Crippen LogP contribution is 2.34. The van der Waals surface area contributed by atoms with Crippen molar-refractivity contribution in [3.63, 3.8) is 0 Å². The van der Waals surface area contributed by atoms with Gasteiger partial charge in [-0.15, -0.1) is 11.8 Å². The van der Waals surface area contributed by atoms with Crippen LogP contribution < -0.4 is 4.74 Å². The van der Waals surface area contributed by atoms with Gasteiger partial charge in [0.1, 0.15) is 11.5 Å². The minimum atomic E-state index is -0.208. The second kappa shape index (κ2) is 8.47. The van der Waals surface area contributed by atoms with Gasteiger partial charge in [-0.3, -0.25) is 9.59 Å². The maximum Gasteiger partial charge on any atom is 0.305 e. The standard InChI is InChI=1S/C14H18O5S/c1-18-12-8-11(16)10(9-15)7-13(12)20-6-4-3-5-14(17)19-2/h7-9,16H,3-6H2,1-2H3. The Labute approximate surface area is 122 Å². The van der Waals surface area contributed by atoms with Gasteiger partial charge in [-0.05, 0) is 24.7 Å². The highest BCUT2D eigenvalue weighted by atomic mass is 32.2. The third-order valence-electron chi connectivity index (χ3n) is 2.70. The molecule has 1 aromatic carbocycles. The molecule has 0 aliphatic carbocycles. The van der Waals surface area contributed by atoms with E-state index in [-0.39, 0.29) is 17.3 Å². The number of phenols is 1.